The van der Waals surface area contributed by atoms with Crippen LogP contribution in [0.2, 0.25) is 0 Å². The maximum atomic E-state index is 15.5. The summed E-state index contributed by atoms with van der Waals surface area (Å²) in [5.74, 6) is 3.11. The van der Waals surface area contributed by atoms with Gasteiger partial charge in [-0.3, -0.25) is 0 Å². The van der Waals surface area contributed by atoms with Crippen molar-refractivity contribution in [2.75, 3.05) is 0 Å². The molecular weight excluding hydrogens is 350 g/mol. The van der Waals surface area contributed by atoms with Gasteiger partial charge < -0.3 is 0 Å². The van der Waals surface area contributed by atoms with Crippen molar-refractivity contribution < 1.29 is 8.78 Å². The van der Waals surface area contributed by atoms with Crippen LogP contribution in [0.5, 0.6) is 0 Å². The first kappa shape index (κ1) is 20.1. The molecule has 0 aliphatic heterocycles. The molecule has 2 fully saturated rings. The monoisotopic (exact) mass is 386 g/mol. The normalized spacial score (nSPS) is 32.9. The van der Waals surface area contributed by atoms with Gasteiger partial charge in [0.2, 0.25) is 0 Å². The smallest absolute Gasteiger partial charge is 0.130 e. The summed E-state index contributed by atoms with van der Waals surface area (Å²) in [5, 5.41) is 0. The van der Waals surface area contributed by atoms with Crippen molar-refractivity contribution in [1.29, 1.82) is 0 Å². The fourth-order valence-corrected chi connectivity index (χ4v) is 6.44. The molecule has 0 saturated heterocycles. The standard InChI is InChI=1S/C26H36F2/c1-2-3-4-18-6-11-24-22(16-18)10-12-25(26(24)28)23-9-8-20-15-19(13-14-27)5-7-21(20)17-23/h10,12-14,18-21,23H,2-9,11,15-17H2,1H3/b14-13+. The summed E-state index contributed by atoms with van der Waals surface area (Å²) in [7, 11) is 0. The predicted molar refractivity (Wildman–Crippen MR) is 113 cm³/mol. The highest BCUT2D eigenvalue weighted by Gasteiger charge is 2.36. The summed E-state index contributed by atoms with van der Waals surface area (Å²) in [4.78, 5) is 0. The number of benzene rings is 1. The molecule has 3 aliphatic carbocycles. The predicted octanol–water partition coefficient (Wildman–Crippen LogP) is 7.90. The summed E-state index contributed by atoms with van der Waals surface area (Å²) in [6.07, 6.45) is 16.3. The van der Waals surface area contributed by atoms with Crippen LogP contribution < -0.4 is 0 Å². The van der Waals surface area contributed by atoms with E-state index in [4.69, 9.17) is 0 Å². The Kier molecular flexibility index (Phi) is 6.53. The van der Waals surface area contributed by atoms with E-state index in [0.717, 1.165) is 68.3 Å². The van der Waals surface area contributed by atoms with Gasteiger partial charge in [0.25, 0.3) is 0 Å². The molecule has 5 atom stereocenters. The van der Waals surface area contributed by atoms with Gasteiger partial charge in [0.15, 0.2) is 0 Å². The molecule has 28 heavy (non-hydrogen) atoms. The SMILES string of the molecule is CCCCC1CCc2c(ccc(C3CCC4CC(/C=C/F)CCC4C3)c2F)C1. The first-order chi connectivity index (χ1) is 13.7. The van der Waals surface area contributed by atoms with Gasteiger partial charge in [-0.2, -0.15) is 0 Å². The zero-order valence-corrected chi connectivity index (χ0v) is 17.4. The number of fused-ring (bicyclic) bond motifs is 2. The van der Waals surface area contributed by atoms with Gasteiger partial charge in [-0.25, -0.2) is 8.78 Å². The van der Waals surface area contributed by atoms with Crippen LogP contribution in [0.1, 0.15) is 93.7 Å². The first-order valence-electron chi connectivity index (χ1n) is 11.8. The van der Waals surface area contributed by atoms with E-state index in [1.807, 2.05) is 0 Å². The zero-order chi connectivity index (χ0) is 19.5. The molecule has 2 saturated carbocycles. The van der Waals surface area contributed by atoms with Crippen LogP contribution in [0.25, 0.3) is 0 Å². The molecule has 0 nitrogen and oxygen atoms in total. The van der Waals surface area contributed by atoms with Crippen LogP contribution in [-0.4, -0.2) is 0 Å². The lowest BCUT2D eigenvalue weighted by atomic mass is 9.63. The minimum absolute atomic E-state index is 0.129. The second-order valence-corrected chi connectivity index (χ2v) is 9.78. The Morgan fingerprint density at radius 1 is 1.04 bits per heavy atom. The second kappa shape index (κ2) is 9.09. The number of rotatable bonds is 5. The Morgan fingerprint density at radius 3 is 2.68 bits per heavy atom. The quantitative estimate of drug-likeness (QED) is 0.482. The van der Waals surface area contributed by atoms with Gasteiger partial charge in [-0.05, 0) is 104 Å². The van der Waals surface area contributed by atoms with E-state index < -0.39 is 0 Å². The van der Waals surface area contributed by atoms with Crippen molar-refractivity contribution in [1.82, 2.24) is 0 Å². The first-order valence-corrected chi connectivity index (χ1v) is 11.8. The Morgan fingerprint density at radius 2 is 1.86 bits per heavy atom. The molecule has 0 spiro atoms. The molecule has 2 heteroatoms. The zero-order valence-electron chi connectivity index (χ0n) is 17.4. The molecule has 1 aromatic rings. The maximum absolute atomic E-state index is 15.5. The van der Waals surface area contributed by atoms with Crippen LogP contribution in [0.15, 0.2) is 24.5 Å². The molecule has 0 amide bonds. The van der Waals surface area contributed by atoms with E-state index in [1.54, 1.807) is 6.08 Å². The Hall–Kier alpha value is -1.18. The van der Waals surface area contributed by atoms with Crippen molar-refractivity contribution >= 4 is 0 Å². The summed E-state index contributed by atoms with van der Waals surface area (Å²) in [6, 6.07) is 4.37. The fraction of sp³-hybridized carbons (Fsp3) is 0.692. The Labute approximate surface area is 169 Å². The molecule has 0 N–H and O–H groups in total. The molecule has 1 aromatic carbocycles. The summed E-state index contributed by atoms with van der Waals surface area (Å²) >= 11 is 0. The van der Waals surface area contributed by atoms with Crippen LogP contribution in [0, 0.1) is 29.5 Å². The van der Waals surface area contributed by atoms with Crippen molar-refractivity contribution in [3.05, 3.63) is 47.0 Å². The van der Waals surface area contributed by atoms with Gasteiger partial charge in [-0.1, -0.05) is 44.4 Å². The van der Waals surface area contributed by atoms with Gasteiger partial charge in [0.05, 0.1) is 6.33 Å². The highest BCUT2D eigenvalue weighted by molar-refractivity contribution is 5.38. The lowest BCUT2D eigenvalue weighted by Gasteiger charge is -2.42. The molecule has 3 aliphatic rings. The van der Waals surface area contributed by atoms with Crippen molar-refractivity contribution in [2.24, 2.45) is 23.7 Å². The summed E-state index contributed by atoms with van der Waals surface area (Å²) < 4.78 is 28.0. The number of halogens is 2. The van der Waals surface area contributed by atoms with E-state index >= 15 is 4.39 Å². The topological polar surface area (TPSA) is 0 Å². The maximum Gasteiger partial charge on any atom is 0.130 e. The Balaban J connectivity index is 1.43. The van der Waals surface area contributed by atoms with Crippen molar-refractivity contribution in [3.8, 4) is 0 Å². The third-order valence-electron chi connectivity index (χ3n) is 8.09. The number of hydrogen-bond donors (Lipinski definition) is 0. The average Bonchev–Trinajstić information content (AvgIpc) is 2.72. The largest absolute Gasteiger partial charge is 0.216 e. The minimum Gasteiger partial charge on any atom is -0.216 e. The van der Waals surface area contributed by atoms with E-state index in [0.29, 0.717) is 23.7 Å². The van der Waals surface area contributed by atoms with E-state index in [2.05, 4.69) is 19.1 Å². The fourth-order valence-electron chi connectivity index (χ4n) is 6.44. The summed E-state index contributed by atoms with van der Waals surface area (Å²) in [6.45, 7) is 2.25. The summed E-state index contributed by atoms with van der Waals surface area (Å²) in [5.41, 5.74) is 3.31. The minimum atomic E-state index is 0.129. The van der Waals surface area contributed by atoms with E-state index in [1.165, 1.54) is 37.7 Å². The van der Waals surface area contributed by atoms with Gasteiger partial charge in [0, 0.05) is 0 Å². The van der Waals surface area contributed by atoms with Crippen LogP contribution in [0.3, 0.4) is 0 Å². The molecule has 0 heterocycles. The molecule has 154 valence electrons. The van der Waals surface area contributed by atoms with Crippen molar-refractivity contribution in [3.63, 3.8) is 0 Å². The lowest BCUT2D eigenvalue weighted by molar-refractivity contribution is 0.132. The number of unbranched alkanes of at least 4 members (excludes halogenated alkanes) is 1. The van der Waals surface area contributed by atoms with Crippen LogP contribution in [-0.2, 0) is 12.8 Å². The van der Waals surface area contributed by atoms with Crippen LogP contribution in [0.4, 0.5) is 8.78 Å². The number of hydrogen-bond acceptors (Lipinski definition) is 0. The Bertz CT molecular complexity index is 692. The van der Waals surface area contributed by atoms with Gasteiger partial charge in [0.1, 0.15) is 5.82 Å². The highest BCUT2D eigenvalue weighted by atomic mass is 19.1. The van der Waals surface area contributed by atoms with Gasteiger partial charge >= 0.3 is 0 Å². The van der Waals surface area contributed by atoms with Gasteiger partial charge in [-0.15, -0.1) is 0 Å². The molecule has 0 aromatic heterocycles. The second-order valence-electron chi connectivity index (χ2n) is 9.78. The average molecular weight is 387 g/mol. The third kappa shape index (κ3) is 4.21. The van der Waals surface area contributed by atoms with E-state index in [9.17, 15) is 4.39 Å². The third-order valence-corrected chi connectivity index (χ3v) is 8.09. The van der Waals surface area contributed by atoms with Crippen molar-refractivity contribution in [2.45, 2.75) is 89.9 Å². The molecule has 0 bridgehead atoms. The molecule has 4 rings (SSSR count). The molecular formula is C26H36F2. The highest BCUT2D eigenvalue weighted by Crippen LogP contribution is 2.48. The number of allylic oxidation sites excluding steroid dienone is 1. The van der Waals surface area contributed by atoms with Crippen LogP contribution >= 0.6 is 0 Å². The molecule has 5 unspecified atom stereocenters. The van der Waals surface area contributed by atoms with E-state index in [-0.39, 0.29) is 5.82 Å². The molecule has 0 radical (unpaired) electrons. The lowest BCUT2D eigenvalue weighted by Crippen LogP contribution is -2.30.